The highest BCUT2D eigenvalue weighted by Gasteiger charge is 2.32. The molecular weight excluding hydrogens is 382 g/mol. The number of urea groups is 1. The molecule has 0 aliphatic carbocycles. The van der Waals surface area contributed by atoms with Crippen molar-refractivity contribution in [1.29, 1.82) is 0 Å². The Kier molecular flexibility index (Phi) is 5.25. The van der Waals surface area contributed by atoms with Gasteiger partial charge in [0.1, 0.15) is 13.2 Å². The summed E-state index contributed by atoms with van der Waals surface area (Å²) in [4.78, 5) is 26.3. The van der Waals surface area contributed by atoms with E-state index in [9.17, 15) is 9.59 Å². The quantitative estimate of drug-likeness (QED) is 0.825. The summed E-state index contributed by atoms with van der Waals surface area (Å²) in [7, 11) is 0. The van der Waals surface area contributed by atoms with Crippen molar-refractivity contribution >= 4 is 29.2 Å². The van der Waals surface area contributed by atoms with Crippen molar-refractivity contribution in [2.75, 3.05) is 24.7 Å². The molecule has 1 fully saturated rings. The fraction of sp³-hybridized carbons (Fsp3) is 0.300. The first-order valence-electron chi connectivity index (χ1n) is 9.08. The van der Waals surface area contributed by atoms with Gasteiger partial charge in [-0.15, -0.1) is 0 Å². The van der Waals surface area contributed by atoms with Gasteiger partial charge in [0, 0.05) is 36.3 Å². The number of nitrogens with zero attached hydrogens (tertiary/aromatic N) is 1. The zero-order chi connectivity index (χ0) is 19.5. The lowest BCUT2D eigenvalue weighted by molar-refractivity contribution is -0.117. The molecule has 0 saturated carbocycles. The van der Waals surface area contributed by atoms with E-state index in [-0.39, 0.29) is 24.4 Å². The Labute approximate surface area is 167 Å². The van der Waals surface area contributed by atoms with Crippen molar-refractivity contribution in [1.82, 2.24) is 10.6 Å². The van der Waals surface area contributed by atoms with Crippen LogP contribution in [0.3, 0.4) is 0 Å². The van der Waals surface area contributed by atoms with Crippen molar-refractivity contribution < 1.29 is 19.1 Å². The van der Waals surface area contributed by atoms with E-state index in [1.165, 1.54) is 0 Å². The summed E-state index contributed by atoms with van der Waals surface area (Å²) >= 11 is 6.09. The van der Waals surface area contributed by atoms with Crippen molar-refractivity contribution in [2.24, 2.45) is 0 Å². The van der Waals surface area contributed by atoms with Crippen LogP contribution in [0.4, 0.5) is 10.5 Å². The third kappa shape index (κ3) is 3.99. The first-order valence-corrected chi connectivity index (χ1v) is 9.46. The molecule has 0 spiro atoms. The highest BCUT2D eigenvalue weighted by Crippen LogP contribution is 2.35. The molecule has 146 valence electrons. The summed E-state index contributed by atoms with van der Waals surface area (Å²) < 4.78 is 11.1. The van der Waals surface area contributed by atoms with Crippen LogP contribution in [0.25, 0.3) is 0 Å². The maximum Gasteiger partial charge on any atom is 0.315 e. The largest absolute Gasteiger partial charge is 0.486 e. The van der Waals surface area contributed by atoms with Gasteiger partial charge in [-0.2, -0.15) is 0 Å². The second kappa shape index (κ2) is 7.98. The molecule has 3 amide bonds. The maximum atomic E-state index is 12.4. The number of hydrogen-bond donors (Lipinski definition) is 2. The minimum absolute atomic E-state index is 0.0481. The minimum atomic E-state index is -0.332. The van der Waals surface area contributed by atoms with Crippen LogP contribution in [0, 0.1) is 0 Å². The third-order valence-electron chi connectivity index (χ3n) is 4.69. The van der Waals surface area contributed by atoms with Crippen LogP contribution in [-0.4, -0.2) is 37.7 Å². The topological polar surface area (TPSA) is 79.9 Å². The molecule has 1 unspecified atom stereocenters. The standard InChI is InChI=1S/C20H20ClN3O4/c21-16-4-2-1-3-13(16)11-22-20(26)23-14-9-19(25)24(12-14)15-5-6-17-18(10-15)28-8-7-27-17/h1-6,10,14H,7-9,11-12H2,(H2,22,23,26). The van der Waals surface area contributed by atoms with E-state index in [1.807, 2.05) is 24.3 Å². The average Bonchev–Trinajstić information content (AvgIpc) is 3.07. The van der Waals surface area contributed by atoms with Gasteiger partial charge >= 0.3 is 6.03 Å². The summed E-state index contributed by atoms with van der Waals surface area (Å²) in [6, 6.07) is 12.1. The Morgan fingerprint density at radius 1 is 1.14 bits per heavy atom. The Balaban J connectivity index is 1.34. The van der Waals surface area contributed by atoms with E-state index < -0.39 is 0 Å². The number of rotatable bonds is 4. The molecule has 2 heterocycles. The Morgan fingerprint density at radius 3 is 2.75 bits per heavy atom. The molecule has 0 radical (unpaired) electrons. The van der Waals surface area contributed by atoms with Crippen LogP contribution in [0.5, 0.6) is 11.5 Å². The van der Waals surface area contributed by atoms with E-state index in [0.29, 0.717) is 42.8 Å². The lowest BCUT2D eigenvalue weighted by Crippen LogP contribution is -2.43. The number of anilines is 1. The van der Waals surface area contributed by atoms with Gasteiger partial charge in [0.25, 0.3) is 0 Å². The number of benzene rings is 2. The highest BCUT2D eigenvalue weighted by atomic mass is 35.5. The summed E-state index contributed by atoms with van der Waals surface area (Å²) in [5.41, 5.74) is 1.56. The van der Waals surface area contributed by atoms with Crippen LogP contribution in [0.1, 0.15) is 12.0 Å². The van der Waals surface area contributed by atoms with Crippen molar-refractivity contribution in [3.05, 3.63) is 53.1 Å². The van der Waals surface area contributed by atoms with Gasteiger partial charge in [0.2, 0.25) is 5.91 Å². The fourth-order valence-corrected chi connectivity index (χ4v) is 3.51. The number of halogens is 1. The van der Waals surface area contributed by atoms with Gasteiger partial charge in [-0.3, -0.25) is 4.79 Å². The predicted octanol–water partition coefficient (Wildman–Crippen LogP) is 2.72. The molecule has 0 aromatic heterocycles. The normalized spacial score (nSPS) is 18.1. The number of nitrogens with one attached hydrogen (secondary N) is 2. The van der Waals surface area contributed by atoms with Crippen molar-refractivity contribution in [3.63, 3.8) is 0 Å². The Morgan fingerprint density at radius 2 is 1.93 bits per heavy atom. The van der Waals surface area contributed by atoms with Crippen LogP contribution < -0.4 is 25.0 Å². The van der Waals surface area contributed by atoms with Gasteiger partial charge in [-0.1, -0.05) is 29.8 Å². The molecule has 7 nitrogen and oxygen atoms in total. The summed E-state index contributed by atoms with van der Waals surface area (Å²) in [6.07, 6.45) is 0.244. The SMILES string of the molecule is O=C(NCc1ccccc1Cl)NC1CC(=O)N(c2ccc3c(c2)OCCO3)C1. The summed E-state index contributed by atoms with van der Waals surface area (Å²) in [6.45, 7) is 1.72. The number of amides is 3. The third-order valence-corrected chi connectivity index (χ3v) is 5.06. The molecule has 4 rings (SSSR count). The van der Waals surface area contributed by atoms with E-state index >= 15 is 0 Å². The number of hydrogen-bond acceptors (Lipinski definition) is 4. The average molecular weight is 402 g/mol. The van der Waals surface area contributed by atoms with Crippen molar-refractivity contribution in [2.45, 2.75) is 19.0 Å². The zero-order valence-corrected chi connectivity index (χ0v) is 15.9. The molecule has 1 atom stereocenters. The van der Waals surface area contributed by atoms with Crippen LogP contribution in [0.15, 0.2) is 42.5 Å². The first-order chi connectivity index (χ1) is 13.6. The smallest absolute Gasteiger partial charge is 0.315 e. The Hall–Kier alpha value is -2.93. The molecule has 2 aliphatic heterocycles. The molecule has 2 aliphatic rings. The lowest BCUT2D eigenvalue weighted by atomic mass is 10.2. The molecule has 2 N–H and O–H groups in total. The van der Waals surface area contributed by atoms with Gasteiger partial charge in [0.15, 0.2) is 11.5 Å². The number of carbonyl (C=O) groups is 2. The fourth-order valence-electron chi connectivity index (χ4n) is 3.31. The van der Waals surface area contributed by atoms with Gasteiger partial charge in [-0.25, -0.2) is 4.79 Å². The summed E-state index contributed by atoms with van der Waals surface area (Å²) in [5, 5.41) is 6.23. The maximum absolute atomic E-state index is 12.4. The molecule has 2 aromatic rings. The molecule has 2 aromatic carbocycles. The first kappa shape index (κ1) is 18.4. The van der Waals surface area contributed by atoms with Gasteiger partial charge in [-0.05, 0) is 23.8 Å². The second-order valence-corrected chi connectivity index (χ2v) is 7.06. The van der Waals surface area contributed by atoms with E-state index in [4.69, 9.17) is 21.1 Å². The number of fused-ring (bicyclic) bond motifs is 1. The second-order valence-electron chi connectivity index (χ2n) is 6.65. The molecule has 8 heteroatoms. The molecule has 0 bridgehead atoms. The van der Waals surface area contributed by atoms with E-state index in [2.05, 4.69) is 10.6 Å². The van der Waals surface area contributed by atoms with Crippen LogP contribution in [0.2, 0.25) is 5.02 Å². The summed E-state index contributed by atoms with van der Waals surface area (Å²) in [5.74, 6) is 1.26. The van der Waals surface area contributed by atoms with E-state index in [1.54, 1.807) is 23.1 Å². The van der Waals surface area contributed by atoms with Gasteiger partial charge < -0.3 is 25.0 Å². The van der Waals surface area contributed by atoms with Gasteiger partial charge in [0.05, 0.1) is 6.04 Å². The highest BCUT2D eigenvalue weighted by molar-refractivity contribution is 6.31. The lowest BCUT2D eigenvalue weighted by Gasteiger charge is -2.22. The minimum Gasteiger partial charge on any atom is -0.486 e. The monoisotopic (exact) mass is 401 g/mol. The molecular formula is C20H20ClN3O4. The van der Waals surface area contributed by atoms with Crippen LogP contribution in [-0.2, 0) is 11.3 Å². The number of ether oxygens (including phenoxy) is 2. The van der Waals surface area contributed by atoms with Crippen molar-refractivity contribution in [3.8, 4) is 11.5 Å². The molecule has 28 heavy (non-hydrogen) atoms. The molecule has 1 saturated heterocycles. The van der Waals surface area contributed by atoms with E-state index in [0.717, 1.165) is 11.3 Å². The predicted molar refractivity (Wildman–Crippen MR) is 105 cm³/mol. The van der Waals surface area contributed by atoms with Crippen LogP contribution >= 0.6 is 11.6 Å². The number of carbonyl (C=O) groups excluding carboxylic acids is 2. The zero-order valence-electron chi connectivity index (χ0n) is 15.1. The Bertz CT molecular complexity index is 905.